The maximum absolute atomic E-state index is 9.07. The fourth-order valence-corrected chi connectivity index (χ4v) is 3.69. The summed E-state index contributed by atoms with van der Waals surface area (Å²) in [6, 6.07) is 24.0. The summed E-state index contributed by atoms with van der Waals surface area (Å²) in [6.45, 7) is 1.43. The van der Waals surface area contributed by atoms with Crippen LogP contribution in [0.5, 0.6) is 17.2 Å². The van der Waals surface area contributed by atoms with Crippen LogP contribution in [0.4, 0.5) is 0 Å². The molecule has 0 aromatic heterocycles. The fraction of sp³-hybridized carbons (Fsp3) is 0.310. The molecule has 3 aromatic carbocycles. The van der Waals surface area contributed by atoms with Crippen LogP contribution in [-0.2, 0) is 6.61 Å². The highest BCUT2D eigenvalue weighted by Gasteiger charge is 2.18. The molecule has 1 aliphatic heterocycles. The number of aliphatic hydroxyl groups is 2. The van der Waals surface area contributed by atoms with E-state index in [1.165, 1.54) is 22.3 Å². The maximum atomic E-state index is 9.07. The molecule has 186 valence electrons. The summed E-state index contributed by atoms with van der Waals surface area (Å²) in [5.74, 6) is 2.14. The first-order valence-electron chi connectivity index (χ1n) is 11.7. The molecule has 1 aliphatic rings. The molecule has 6 heteroatoms. The van der Waals surface area contributed by atoms with Crippen LogP contribution in [0.15, 0.2) is 78.9 Å². The molecule has 1 heterocycles. The van der Waals surface area contributed by atoms with E-state index in [1.807, 2.05) is 18.2 Å². The zero-order valence-corrected chi connectivity index (χ0v) is 20.7. The number of aliphatic hydroxyl groups excluding tert-OH is 2. The van der Waals surface area contributed by atoms with E-state index in [4.69, 9.17) is 24.4 Å². The van der Waals surface area contributed by atoms with Crippen LogP contribution in [0.3, 0.4) is 0 Å². The summed E-state index contributed by atoms with van der Waals surface area (Å²) in [6.07, 6.45) is 2.51. The molecule has 0 spiro atoms. The van der Waals surface area contributed by atoms with Crippen molar-refractivity contribution < 1.29 is 24.4 Å². The second-order valence-electron chi connectivity index (χ2n) is 8.45. The largest absolute Gasteiger partial charge is 0.493 e. The van der Waals surface area contributed by atoms with Crippen LogP contribution in [0.1, 0.15) is 23.1 Å². The summed E-state index contributed by atoms with van der Waals surface area (Å²) in [4.78, 5) is 2.21. The van der Waals surface area contributed by atoms with E-state index < -0.39 is 6.10 Å². The molecule has 1 unspecified atom stereocenters. The van der Waals surface area contributed by atoms with E-state index in [0.717, 1.165) is 18.7 Å². The summed E-state index contributed by atoms with van der Waals surface area (Å²) in [7, 11) is 5.76. The first kappa shape index (κ1) is 26.3. The zero-order valence-electron chi connectivity index (χ0n) is 20.7. The molecule has 3 aromatic rings. The van der Waals surface area contributed by atoms with Crippen LogP contribution in [0.25, 0.3) is 5.57 Å². The third-order valence-electron chi connectivity index (χ3n) is 5.50. The third-order valence-corrected chi connectivity index (χ3v) is 5.50. The fourth-order valence-electron chi connectivity index (χ4n) is 3.69. The number of fused-ring (bicyclic) bond motifs is 2. The molecule has 6 nitrogen and oxygen atoms in total. The number of benzene rings is 3. The maximum Gasteiger partial charge on any atom is 0.161 e. The Hall–Kier alpha value is -3.32. The highest BCUT2D eigenvalue weighted by Crippen LogP contribution is 2.36. The van der Waals surface area contributed by atoms with Gasteiger partial charge in [0.2, 0.25) is 0 Å². The van der Waals surface area contributed by atoms with Gasteiger partial charge in [-0.3, -0.25) is 0 Å². The van der Waals surface area contributed by atoms with Gasteiger partial charge >= 0.3 is 0 Å². The first-order chi connectivity index (χ1) is 17.0. The third kappa shape index (κ3) is 7.59. The number of hydrogen-bond donors (Lipinski definition) is 2. The number of nitrogens with zero attached hydrogens (tertiary/aromatic N) is 1. The first-order valence-corrected chi connectivity index (χ1v) is 11.7. The van der Waals surface area contributed by atoms with Crippen LogP contribution >= 0.6 is 0 Å². The van der Waals surface area contributed by atoms with Gasteiger partial charge < -0.3 is 29.3 Å². The number of ether oxygens (including phenoxy) is 3. The van der Waals surface area contributed by atoms with Gasteiger partial charge in [0.05, 0.1) is 13.7 Å². The molecule has 4 rings (SSSR count). The molecule has 1 atom stereocenters. The lowest BCUT2D eigenvalue weighted by atomic mass is 9.93. The molecule has 0 amide bonds. The van der Waals surface area contributed by atoms with Gasteiger partial charge in [-0.15, -0.1) is 0 Å². The minimum absolute atomic E-state index is 0.0525. The molecule has 0 saturated carbocycles. The molecule has 35 heavy (non-hydrogen) atoms. The van der Waals surface area contributed by atoms with Crippen LogP contribution < -0.4 is 14.2 Å². The Morgan fingerprint density at radius 2 is 1.60 bits per heavy atom. The van der Waals surface area contributed by atoms with Crippen molar-refractivity contribution in [2.75, 3.05) is 41.0 Å². The average molecular weight is 478 g/mol. The number of rotatable bonds is 8. The zero-order chi connectivity index (χ0) is 25.0. The number of methoxy groups -OCH3 is 1. The molecular formula is C29H35NO5. The highest BCUT2D eigenvalue weighted by atomic mass is 16.5. The summed E-state index contributed by atoms with van der Waals surface area (Å²) in [5.41, 5.74) is 5.03. The van der Waals surface area contributed by atoms with Crippen molar-refractivity contribution in [1.29, 1.82) is 0 Å². The molecule has 0 aliphatic carbocycles. The lowest BCUT2D eigenvalue weighted by molar-refractivity contribution is 0.0527. The van der Waals surface area contributed by atoms with Crippen molar-refractivity contribution in [2.45, 2.75) is 19.1 Å². The quantitative estimate of drug-likeness (QED) is 0.502. The van der Waals surface area contributed by atoms with Crippen LogP contribution in [-0.4, -0.2) is 62.2 Å². The minimum Gasteiger partial charge on any atom is -0.493 e. The Morgan fingerprint density at radius 3 is 2.31 bits per heavy atom. The van der Waals surface area contributed by atoms with E-state index in [-0.39, 0.29) is 13.2 Å². The lowest BCUT2D eigenvalue weighted by Gasteiger charge is -2.12. The SMILES string of the molecule is CN(C)CCC=C1c2ccccc2COc2ccccc21.COc1ccccc1OCC(O)CO. The van der Waals surface area contributed by atoms with Crippen molar-refractivity contribution in [1.82, 2.24) is 4.90 Å². The highest BCUT2D eigenvalue weighted by molar-refractivity contribution is 5.84. The van der Waals surface area contributed by atoms with E-state index >= 15 is 0 Å². The Labute approximate surface area is 208 Å². The molecule has 0 bridgehead atoms. The molecular weight excluding hydrogens is 442 g/mol. The van der Waals surface area contributed by atoms with E-state index in [0.29, 0.717) is 18.1 Å². The normalized spacial score (nSPS) is 14.1. The van der Waals surface area contributed by atoms with E-state index in [1.54, 1.807) is 19.2 Å². The average Bonchev–Trinajstić information content (AvgIpc) is 3.05. The summed E-state index contributed by atoms with van der Waals surface area (Å²) in [5, 5.41) is 17.6. The van der Waals surface area contributed by atoms with Crippen LogP contribution in [0.2, 0.25) is 0 Å². The van der Waals surface area contributed by atoms with Gasteiger partial charge in [-0.25, -0.2) is 0 Å². The molecule has 0 fully saturated rings. The Kier molecular flexibility index (Phi) is 10.2. The Balaban J connectivity index is 0.000000214. The van der Waals surface area contributed by atoms with Crippen molar-refractivity contribution in [3.8, 4) is 17.2 Å². The number of hydrogen-bond acceptors (Lipinski definition) is 6. The Morgan fingerprint density at radius 1 is 0.943 bits per heavy atom. The topological polar surface area (TPSA) is 71.4 Å². The van der Waals surface area contributed by atoms with Gasteiger partial charge in [0, 0.05) is 12.1 Å². The summed E-state index contributed by atoms with van der Waals surface area (Å²) >= 11 is 0. The van der Waals surface area contributed by atoms with Gasteiger partial charge in [0.1, 0.15) is 25.1 Å². The number of para-hydroxylation sites is 3. The smallest absolute Gasteiger partial charge is 0.161 e. The predicted octanol–water partition coefficient (Wildman–Crippen LogP) is 4.39. The second kappa shape index (κ2) is 13.5. The van der Waals surface area contributed by atoms with Gasteiger partial charge in [0.25, 0.3) is 0 Å². The van der Waals surface area contributed by atoms with E-state index in [2.05, 4.69) is 67.5 Å². The van der Waals surface area contributed by atoms with Gasteiger partial charge in [-0.05, 0) is 55.4 Å². The summed E-state index contributed by atoms with van der Waals surface area (Å²) < 4.78 is 16.3. The lowest BCUT2D eigenvalue weighted by Crippen LogP contribution is -2.21. The minimum atomic E-state index is -0.861. The predicted molar refractivity (Wildman–Crippen MR) is 139 cm³/mol. The van der Waals surface area contributed by atoms with Crippen molar-refractivity contribution >= 4 is 5.57 Å². The second-order valence-corrected chi connectivity index (χ2v) is 8.45. The molecule has 0 radical (unpaired) electrons. The molecule has 0 saturated heterocycles. The van der Waals surface area contributed by atoms with Crippen molar-refractivity contribution in [3.63, 3.8) is 0 Å². The van der Waals surface area contributed by atoms with E-state index in [9.17, 15) is 0 Å². The standard InChI is InChI=1S/C19H21NO.C10H14O4/c1-20(2)13-7-11-17-16-9-4-3-8-15(16)14-21-19-12-6-5-10-18(17)19;1-13-9-4-2-3-5-10(9)14-7-8(12)6-11/h3-6,8-12H,7,13-14H2,1-2H3;2-5,8,11-12H,6-7H2,1H3. The monoisotopic (exact) mass is 477 g/mol. The Bertz CT molecular complexity index is 1050. The van der Waals surface area contributed by atoms with Crippen molar-refractivity contribution in [3.05, 3.63) is 95.6 Å². The van der Waals surface area contributed by atoms with Crippen LogP contribution in [0, 0.1) is 0 Å². The van der Waals surface area contributed by atoms with Gasteiger partial charge in [0.15, 0.2) is 11.5 Å². The van der Waals surface area contributed by atoms with Gasteiger partial charge in [-0.1, -0.05) is 60.7 Å². The van der Waals surface area contributed by atoms with Gasteiger partial charge in [-0.2, -0.15) is 0 Å². The van der Waals surface area contributed by atoms with Crippen molar-refractivity contribution in [2.24, 2.45) is 0 Å². The molecule has 2 N–H and O–H groups in total.